The molecule has 178 valence electrons. The van der Waals surface area contributed by atoms with Gasteiger partial charge in [0.15, 0.2) is 0 Å². The number of allylic oxidation sites excluding steroid dienone is 6. The van der Waals surface area contributed by atoms with Crippen molar-refractivity contribution in [2.75, 3.05) is 18.0 Å². The first-order valence-electron chi connectivity index (χ1n) is 11.3. The minimum Gasteiger partial charge on any atom is -0.481 e. The monoisotopic (exact) mass is 512 g/mol. The molecule has 4 rings (SSSR count). The molecular formula is C26H28N2O3S3. The van der Waals surface area contributed by atoms with Gasteiger partial charge in [-0.15, -0.1) is 0 Å². The van der Waals surface area contributed by atoms with Crippen LogP contribution in [0.3, 0.4) is 0 Å². The number of carboxylic acids is 1. The van der Waals surface area contributed by atoms with E-state index in [1.165, 1.54) is 43.4 Å². The van der Waals surface area contributed by atoms with Crippen molar-refractivity contribution in [2.45, 2.75) is 44.9 Å². The van der Waals surface area contributed by atoms with Crippen molar-refractivity contribution in [3.8, 4) is 0 Å². The second kappa shape index (κ2) is 10.1. The number of benzene rings is 1. The van der Waals surface area contributed by atoms with Crippen LogP contribution in [0.25, 0.3) is 0 Å². The predicted octanol–water partition coefficient (Wildman–Crippen LogP) is 6.35. The van der Waals surface area contributed by atoms with Gasteiger partial charge in [-0.25, -0.2) is 0 Å². The molecule has 0 saturated carbocycles. The highest BCUT2D eigenvalue weighted by atomic mass is 32.2. The van der Waals surface area contributed by atoms with E-state index in [0.29, 0.717) is 9.23 Å². The lowest BCUT2D eigenvalue weighted by Gasteiger charge is -2.31. The lowest BCUT2D eigenvalue weighted by molar-refractivity contribution is -0.137. The maximum absolute atomic E-state index is 12.7. The third-order valence-electron chi connectivity index (χ3n) is 5.87. The second-order valence-corrected chi connectivity index (χ2v) is 12.0. The van der Waals surface area contributed by atoms with Crippen molar-refractivity contribution in [2.24, 2.45) is 5.41 Å². The molecule has 0 atom stereocenters. The summed E-state index contributed by atoms with van der Waals surface area (Å²) in [6.45, 7) is 7.73. The van der Waals surface area contributed by atoms with E-state index in [2.05, 4.69) is 62.1 Å². The number of thiocarbonyl (C=S) groups is 1. The van der Waals surface area contributed by atoms with Crippen LogP contribution < -0.4 is 4.90 Å². The van der Waals surface area contributed by atoms with E-state index in [0.717, 1.165) is 19.4 Å². The molecular weight excluding hydrogens is 484 g/mol. The van der Waals surface area contributed by atoms with Crippen molar-refractivity contribution >= 4 is 57.6 Å². The van der Waals surface area contributed by atoms with Crippen LogP contribution in [0.15, 0.2) is 74.5 Å². The fourth-order valence-electron chi connectivity index (χ4n) is 4.45. The first kappa shape index (κ1) is 24.8. The number of hydrogen-bond donors (Lipinski definition) is 1. The summed E-state index contributed by atoms with van der Waals surface area (Å²) in [4.78, 5) is 29.1. The van der Waals surface area contributed by atoms with Crippen LogP contribution in [0.1, 0.15) is 40.0 Å². The average Bonchev–Trinajstić information content (AvgIpc) is 3.25. The molecule has 1 amide bonds. The molecule has 1 aromatic carbocycles. The van der Waals surface area contributed by atoms with Crippen molar-refractivity contribution in [3.05, 3.63) is 69.6 Å². The van der Waals surface area contributed by atoms with Crippen molar-refractivity contribution in [1.29, 1.82) is 0 Å². The largest absolute Gasteiger partial charge is 0.481 e. The van der Waals surface area contributed by atoms with Gasteiger partial charge in [-0.1, -0.05) is 73.9 Å². The SMILES string of the molecule is CCN1/C(=C/C2=CC(=C/C=C3\SC(=S)N(CCC(=O)O)C3=O)/CC(C)(C)C2)Sc2ccccc21. The summed E-state index contributed by atoms with van der Waals surface area (Å²) in [5.74, 6) is -1.16. The Bertz CT molecular complexity index is 1160. The van der Waals surface area contributed by atoms with Crippen molar-refractivity contribution < 1.29 is 14.7 Å². The zero-order chi connectivity index (χ0) is 24.5. The van der Waals surface area contributed by atoms with Gasteiger partial charge in [0.1, 0.15) is 4.32 Å². The summed E-state index contributed by atoms with van der Waals surface area (Å²) in [5.41, 5.74) is 3.81. The Labute approximate surface area is 214 Å². The number of para-hydroxylation sites is 1. The lowest BCUT2D eigenvalue weighted by Crippen LogP contribution is -2.30. The van der Waals surface area contributed by atoms with Gasteiger partial charge < -0.3 is 10.0 Å². The zero-order valence-corrected chi connectivity index (χ0v) is 22.0. The van der Waals surface area contributed by atoms with Gasteiger partial charge in [0, 0.05) is 18.0 Å². The van der Waals surface area contributed by atoms with Gasteiger partial charge >= 0.3 is 5.97 Å². The molecule has 0 unspecified atom stereocenters. The number of amides is 1. The summed E-state index contributed by atoms with van der Waals surface area (Å²) in [6.07, 6.45) is 10.2. The number of nitrogens with zero attached hydrogens (tertiary/aromatic N) is 2. The number of thioether (sulfide) groups is 2. The van der Waals surface area contributed by atoms with Crippen LogP contribution in [-0.4, -0.2) is 39.3 Å². The maximum atomic E-state index is 12.7. The first-order valence-corrected chi connectivity index (χ1v) is 13.3. The van der Waals surface area contributed by atoms with Gasteiger partial charge in [0.05, 0.1) is 22.0 Å². The van der Waals surface area contributed by atoms with Crippen molar-refractivity contribution in [1.82, 2.24) is 4.90 Å². The van der Waals surface area contributed by atoms with Crippen LogP contribution in [0.4, 0.5) is 5.69 Å². The Morgan fingerprint density at radius 2 is 1.94 bits per heavy atom. The van der Waals surface area contributed by atoms with Gasteiger partial charge in [-0.2, -0.15) is 0 Å². The quantitative estimate of drug-likeness (QED) is 0.352. The Balaban J connectivity index is 1.57. The minimum atomic E-state index is -0.943. The molecule has 3 aliphatic rings. The number of anilines is 1. The molecule has 5 nitrogen and oxygen atoms in total. The highest BCUT2D eigenvalue weighted by Gasteiger charge is 2.32. The van der Waals surface area contributed by atoms with Gasteiger partial charge in [-0.05, 0) is 60.6 Å². The molecule has 0 bridgehead atoms. The fourth-order valence-corrected chi connectivity index (χ4v) is 6.90. The summed E-state index contributed by atoms with van der Waals surface area (Å²) in [5, 5.41) is 10.2. The number of carbonyl (C=O) groups excluding carboxylic acids is 1. The van der Waals surface area contributed by atoms with E-state index in [1.807, 2.05) is 23.9 Å². The normalized spacial score (nSPS) is 23.3. The Hall–Kier alpha value is -2.29. The molecule has 1 N–H and O–H groups in total. The minimum absolute atomic E-state index is 0.104. The van der Waals surface area contributed by atoms with E-state index >= 15 is 0 Å². The lowest BCUT2D eigenvalue weighted by atomic mass is 9.75. The zero-order valence-electron chi connectivity index (χ0n) is 19.5. The molecule has 0 spiro atoms. The second-order valence-electron chi connectivity index (χ2n) is 9.27. The van der Waals surface area contributed by atoms with Gasteiger partial charge in [-0.3, -0.25) is 14.5 Å². The number of carboxylic acid groups (broad SMARTS) is 1. The van der Waals surface area contributed by atoms with Gasteiger partial charge in [0.25, 0.3) is 5.91 Å². The summed E-state index contributed by atoms with van der Waals surface area (Å²) in [7, 11) is 0. The van der Waals surface area contributed by atoms with Crippen LogP contribution in [0.2, 0.25) is 0 Å². The molecule has 34 heavy (non-hydrogen) atoms. The number of carbonyl (C=O) groups is 2. The number of fused-ring (bicyclic) bond motifs is 1. The fraction of sp³-hybridized carbons (Fsp3) is 0.346. The Kier molecular flexibility index (Phi) is 7.40. The molecule has 1 saturated heterocycles. The smallest absolute Gasteiger partial charge is 0.305 e. The third kappa shape index (κ3) is 5.50. The Morgan fingerprint density at radius 1 is 1.18 bits per heavy atom. The van der Waals surface area contributed by atoms with E-state index in [-0.39, 0.29) is 24.3 Å². The Morgan fingerprint density at radius 3 is 2.68 bits per heavy atom. The molecule has 8 heteroatoms. The molecule has 0 aromatic heterocycles. The number of rotatable bonds is 6. The first-order chi connectivity index (χ1) is 16.2. The van der Waals surface area contributed by atoms with E-state index in [1.54, 1.807) is 0 Å². The predicted molar refractivity (Wildman–Crippen MR) is 145 cm³/mol. The number of hydrogen-bond acceptors (Lipinski definition) is 6. The summed E-state index contributed by atoms with van der Waals surface area (Å²) in [6, 6.07) is 8.50. The standard InChI is InChI=1S/C26H28N2O3S3/c1-4-27-19-7-5-6-8-20(19)33-22(27)14-18-13-17(15-26(2,3)16-18)9-10-21-24(31)28(25(32)34-21)12-11-23(29)30/h5-10,13-14H,4,11-12,15-16H2,1-3H3,(H,29,30)/b17-9-,21-10-,22-14-. The maximum Gasteiger partial charge on any atom is 0.305 e. The summed E-state index contributed by atoms with van der Waals surface area (Å²) >= 11 is 8.34. The highest BCUT2D eigenvalue weighted by Crippen LogP contribution is 2.47. The summed E-state index contributed by atoms with van der Waals surface area (Å²) < 4.78 is 0.415. The van der Waals surface area contributed by atoms with E-state index < -0.39 is 5.97 Å². The molecule has 2 aliphatic heterocycles. The molecule has 1 aromatic rings. The van der Waals surface area contributed by atoms with Crippen molar-refractivity contribution in [3.63, 3.8) is 0 Å². The molecule has 1 aliphatic carbocycles. The van der Waals surface area contributed by atoms with E-state index in [9.17, 15) is 9.59 Å². The van der Waals surface area contributed by atoms with Crippen LogP contribution in [0.5, 0.6) is 0 Å². The van der Waals surface area contributed by atoms with Crippen LogP contribution in [-0.2, 0) is 9.59 Å². The number of aliphatic carboxylic acids is 1. The molecule has 2 heterocycles. The average molecular weight is 513 g/mol. The molecule has 1 fully saturated rings. The third-order valence-corrected chi connectivity index (χ3v) is 8.38. The van der Waals surface area contributed by atoms with Crippen LogP contribution >= 0.6 is 35.7 Å². The highest BCUT2D eigenvalue weighted by molar-refractivity contribution is 8.26. The molecule has 0 radical (unpaired) electrons. The van der Waals surface area contributed by atoms with Gasteiger partial charge in [0.2, 0.25) is 0 Å². The van der Waals surface area contributed by atoms with E-state index in [4.69, 9.17) is 17.3 Å². The topological polar surface area (TPSA) is 60.9 Å². The van der Waals surface area contributed by atoms with Crippen LogP contribution in [0, 0.1) is 5.41 Å².